The van der Waals surface area contributed by atoms with Gasteiger partial charge in [-0.1, -0.05) is 87.4 Å². The van der Waals surface area contributed by atoms with Crippen molar-refractivity contribution in [1.82, 2.24) is 0 Å². The predicted octanol–water partition coefficient (Wildman–Crippen LogP) is 7.05. The van der Waals surface area contributed by atoms with E-state index in [1.165, 1.54) is 65.6 Å². The largest absolute Gasteiger partial charge is 0.399 e. The van der Waals surface area contributed by atoms with Crippen LogP contribution in [-0.4, -0.2) is 28.2 Å². The summed E-state index contributed by atoms with van der Waals surface area (Å²) in [6.45, 7) is 4.71. The number of nitrogen functional groups attached to an aromatic ring is 1. The Balaban J connectivity index is 0.000000165. The van der Waals surface area contributed by atoms with Crippen molar-refractivity contribution >= 4 is 39.1 Å². The molecule has 0 radical (unpaired) electrons. The zero-order valence-corrected chi connectivity index (χ0v) is 28.8. The van der Waals surface area contributed by atoms with Gasteiger partial charge in [0.15, 0.2) is 0 Å². The van der Waals surface area contributed by atoms with Gasteiger partial charge in [0.25, 0.3) is 0 Å². The minimum absolute atomic E-state index is 0.248. The van der Waals surface area contributed by atoms with E-state index >= 15 is 0 Å². The van der Waals surface area contributed by atoms with Crippen LogP contribution in [0.25, 0.3) is 12.2 Å². The van der Waals surface area contributed by atoms with Crippen LogP contribution in [0.2, 0.25) is 0 Å². The first-order valence-corrected chi connectivity index (χ1v) is 18.3. The summed E-state index contributed by atoms with van der Waals surface area (Å²) in [7, 11) is 0.294. The van der Waals surface area contributed by atoms with Crippen LogP contribution in [0.5, 0.6) is 0 Å². The summed E-state index contributed by atoms with van der Waals surface area (Å²) >= 11 is 0. The van der Waals surface area contributed by atoms with Crippen molar-refractivity contribution in [3.05, 3.63) is 134 Å². The Hall–Kier alpha value is -4.42. The van der Waals surface area contributed by atoms with Crippen LogP contribution >= 0.6 is 0 Å². The van der Waals surface area contributed by atoms with Gasteiger partial charge < -0.3 is 10.6 Å². The highest BCUT2D eigenvalue weighted by Gasteiger charge is 2.31. The number of anilines is 2. The number of unbranched alkanes of at least 4 members (excludes halogenated alkanes) is 1. The van der Waals surface area contributed by atoms with Crippen LogP contribution in [-0.2, 0) is 22.7 Å². The molecule has 242 valence electrons. The number of fused-ring (bicyclic) bond motifs is 5. The van der Waals surface area contributed by atoms with E-state index in [9.17, 15) is 8.42 Å². The minimum Gasteiger partial charge on any atom is -0.399 e. The topological polar surface area (TPSA) is 75.8 Å². The average molecular weight is 644 g/mol. The second-order valence-electron chi connectivity index (χ2n) is 13.2. The van der Waals surface area contributed by atoms with Gasteiger partial charge in [0.05, 0.1) is 16.0 Å². The summed E-state index contributed by atoms with van der Waals surface area (Å²) in [4.78, 5) is 6.52. The Kier molecular flexibility index (Phi) is 9.25. The Morgan fingerprint density at radius 3 is 2.47 bits per heavy atom. The second kappa shape index (κ2) is 13.4. The van der Waals surface area contributed by atoms with Crippen LogP contribution in [0.3, 0.4) is 0 Å². The summed E-state index contributed by atoms with van der Waals surface area (Å²) < 4.78 is 24.8. The van der Waals surface area contributed by atoms with Gasteiger partial charge in [-0.25, -0.2) is 8.42 Å². The number of rotatable bonds is 6. The highest BCUT2D eigenvalue weighted by atomic mass is 32.2. The van der Waals surface area contributed by atoms with E-state index in [0.717, 1.165) is 23.1 Å². The molecule has 1 heterocycles. The molecule has 6 heteroatoms. The molecule has 0 aromatic heterocycles. The van der Waals surface area contributed by atoms with E-state index in [-0.39, 0.29) is 4.90 Å². The molecule has 4 aromatic rings. The maximum absolute atomic E-state index is 12.4. The van der Waals surface area contributed by atoms with E-state index in [0.29, 0.717) is 22.4 Å². The Morgan fingerprint density at radius 1 is 0.872 bits per heavy atom. The average Bonchev–Trinajstić information content (AvgIpc) is 3.22. The zero-order valence-electron chi connectivity index (χ0n) is 28.0. The third kappa shape index (κ3) is 6.57. The van der Waals surface area contributed by atoms with Crippen molar-refractivity contribution < 1.29 is 8.42 Å². The molecule has 7 rings (SSSR count). The number of sulfone groups is 1. The van der Waals surface area contributed by atoms with Gasteiger partial charge in [0, 0.05) is 42.8 Å². The van der Waals surface area contributed by atoms with Gasteiger partial charge in [-0.2, -0.15) is 0 Å². The fourth-order valence-corrected chi connectivity index (χ4v) is 8.25. The lowest BCUT2D eigenvalue weighted by atomic mass is 9.69. The molecule has 47 heavy (non-hydrogen) atoms. The molecule has 2 aliphatic carbocycles. The van der Waals surface area contributed by atoms with E-state index in [1.807, 2.05) is 37.2 Å². The van der Waals surface area contributed by atoms with Crippen LogP contribution < -0.4 is 21.1 Å². The summed E-state index contributed by atoms with van der Waals surface area (Å²) in [6.07, 6.45) is 15.2. The lowest BCUT2D eigenvalue weighted by Gasteiger charge is -2.36. The van der Waals surface area contributed by atoms with Gasteiger partial charge in [-0.3, -0.25) is 4.99 Å². The molecule has 0 amide bonds. The molecule has 3 aliphatic rings. The Morgan fingerprint density at radius 2 is 1.70 bits per heavy atom. The van der Waals surface area contributed by atoms with Gasteiger partial charge in [0.2, 0.25) is 9.84 Å². The molecule has 5 nitrogen and oxygen atoms in total. The fraction of sp³-hybridized carbons (Fsp3) is 0.293. The number of hydrogen-bond acceptors (Lipinski definition) is 5. The van der Waals surface area contributed by atoms with Gasteiger partial charge in [-0.05, 0) is 99.9 Å². The van der Waals surface area contributed by atoms with Crippen molar-refractivity contribution in [1.29, 1.82) is 0 Å². The van der Waals surface area contributed by atoms with E-state index < -0.39 is 9.84 Å². The predicted molar refractivity (Wildman–Crippen MR) is 197 cm³/mol. The van der Waals surface area contributed by atoms with Crippen LogP contribution in [0, 0.1) is 15.9 Å². The van der Waals surface area contributed by atoms with Crippen molar-refractivity contribution in [2.45, 2.75) is 63.7 Å². The van der Waals surface area contributed by atoms with Crippen molar-refractivity contribution in [2.75, 3.05) is 24.7 Å². The molecular weight excluding hydrogens is 599 g/mol. The monoisotopic (exact) mass is 643 g/mol. The van der Waals surface area contributed by atoms with Crippen molar-refractivity contribution in [3.8, 4) is 0 Å². The van der Waals surface area contributed by atoms with E-state index in [4.69, 9.17) is 5.73 Å². The fourth-order valence-electron chi connectivity index (χ4n) is 7.16. The normalized spacial score (nSPS) is 18.3. The second-order valence-corrected chi connectivity index (χ2v) is 15.0. The number of nitrogens with zero attached hydrogens (tertiary/aromatic N) is 2. The van der Waals surface area contributed by atoms with Crippen LogP contribution in [0.15, 0.2) is 100 Å². The smallest absolute Gasteiger partial charge is 0.201 e. The third-order valence-corrected chi connectivity index (χ3v) is 11.5. The van der Waals surface area contributed by atoms with E-state index in [2.05, 4.69) is 67.4 Å². The zero-order chi connectivity index (χ0) is 33.2. The third-order valence-electron chi connectivity index (χ3n) is 10.0. The van der Waals surface area contributed by atoms with Gasteiger partial charge >= 0.3 is 0 Å². The number of benzene rings is 4. The standard InChI is InChI=1S/C24H28.C17H17N3O2S/c1-3-5-15-24(4-2)16-14-19-11-12-21-20-9-7-6-8-18(20)10-13-22(21)23(19)17-24;1-20(2)14-6-7-16-15(11-14)17(19-8-9-23(16,21)22)12-4-3-5-13(18)10-12/h6-12,14H,3-5,13,15-17H2,1-2H3;3-11H,18H2,1-2H3. The summed E-state index contributed by atoms with van der Waals surface area (Å²) in [5, 5.41) is 6.92. The SMILES string of the molecule is CCCCC1(CC)CC=c2ccc3c(c2C1)CC=c1ccccc1=3.CN(C)c1ccc2c(c1)C(c1cccc(N)c1)=NC=CS2(=O)=O. The van der Waals surface area contributed by atoms with E-state index in [1.54, 1.807) is 35.4 Å². The van der Waals surface area contributed by atoms with Crippen molar-refractivity contribution in [3.63, 3.8) is 0 Å². The summed E-state index contributed by atoms with van der Waals surface area (Å²) in [5.41, 5.74) is 13.0. The lowest BCUT2D eigenvalue weighted by molar-refractivity contribution is 0.244. The molecule has 0 saturated carbocycles. The molecular formula is C41H45N3O2S. The van der Waals surface area contributed by atoms with Gasteiger partial charge in [0.1, 0.15) is 0 Å². The van der Waals surface area contributed by atoms with Gasteiger partial charge in [-0.15, -0.1) is 0 Å². The Labute approximate surface area is 279 Å². The number of hydrogen-bond donors (Lipinski definition) is 1. The highest BCUT2D eigenvalue weighted by molar-refractivity contribution is 7.94. The maximum Gasteiger partial charge on any atom is 0.201 e. The molecule has 1 atom stereocenters. The quantitative estimate of drug-likeness (QED) is 0.229. The first-order chi connectivity index (χ1) is 22.6. The lowest BCUT2D eigenvalue weighted by Crippen LogP contribution is -2.32. The summed E-state index contributed by atoms with van der Waals surface area (Å²) in [5.74, 6) is 0. The molecule has 2 N–H and O–H groups in total. The molecule has 0 bridgehead atoms. The maximum atomic E-state index is 12.4. The number of aliphatic imine (C=N–C) groups is 1. The molecule has 1 unspecified atom stereocenters. The molecule has 0 spiro atoms. The van der Waals surface area contributed by atoms with Crippen LogP contribution in [0.4, 0.5) is 11.4 Å². The highest BCUT2D eigenvalue weighted by Crippen LogP contribution is 2.39. The van der Waals surface area contributed by atoms with Crippen LogP contribution in [0.1, 0.15) is 68.2 Å². The summed E-state index contributed by atoms with van der Waals surface area (Å²) in [6, 6.07) is 26.1. The Bertz CT molecular complexity index is 2220. The molecule has 0 fully saturated rings. The first-order valence-electron chi connectivity index (χ1n) is 16.7. The molecule has 4 aromatic carbocycles. The van der Waals surface area contributed by atoms with Crippen molar-refractivity contribution in [2.24, 2.45) is 10.4 Å². The number of nitrogens with two attached hydrogens (primary N) is 1. The molecule has 1 aliphatic heterocycles. The minimum atomic E-state index is -3.52. The first kappa shape index (κ1) is 32.5. The molecule has 0 saturated heterocycles.